The average Bonchev–Trinajstić information content (AvgIpc) is 2.38. The van der Waals surface area contributed by atoms with Gasteiger partial charge in [0.25, 0.3) is 0 Å². The largest absolute Gasteiger partial charge is 0.353 e. The Kier molecular flexibility index (Phi) is 4.84. The van der Waals surface area contributed by atoms with Crippen LogP contribution in [0.3, 0.4) is 0 Å². The number of urea groups is 1. The molecular weight excluding hydrogens is 278 g/mol. The van der Waals surface area contributed by atoms with Crippen molar-refractivity contribution >= 4 is 29.2 Å². The van der Waals surface area contributed by atoms with Crippen molar-refractivity contribution in [2.45, 2.75) is 25.8 Å². The number of anilines is 1. The van der Waals surface area contributed by atoms with E-state index in [-0.39, 0.29) is 18.0 Å². The van der Waals surface area contributed by atoms with Crippen LogP contribution in [0.1, 0.15) is 19.8 Å². The van der Waals surface area contributed by atoms with E-state index >= 15 is 0 Å². The van der Waals surface area contributed by atoms with Gasteiger partial charge in [0.2, 0.25) is 5.91 Å². The van der Waals surface area contributed by atoms with Gasteiger partial charge in [0, 0.05) is 36.8 Å². The lowest BCUT2D eigenvalue weighted by atomic mass is 10.1. The van der Waals surface area contributed by atoms with E-state index in [0.717, 1.165) is 12.8 Å². The Hall–Kier alpha value is -1.75. The molecule has 1 saturated heterocycles. The fourth-order valence-corrected chi connectivity index (χ4v) is 2.47. The Morgan fingerprint density at radius 1 is 1.30 bits per heavy atom. The van der Waals surface area contributed by atoms with E-state index in [4.69, 9.17) is 11.6 Å². The fourth-order valence-electron chi connectivity index (χ4n) is 2.28. The van der Waals surface area contributed by atoms with Crippen LogP contribution in [-0.2, 0) is 4.79 Å². The van der Waals surface area contributed by atoms with Crippen LogP contribution in [0.25, 0.3) is 0 Å². The van der Waals surface area contributed by atoms with Crippen molar-refractivity contribution in [3.8, 4) is 0 Å². The van der Waals surface area contributed by atoms with Crippen molar-refractivity contribution in [3.63, 3.8) is 0 Å². The molecule has 0 atom stereocenters. The van der Waals surface area contributed by atoms with E-state index in [1.807, 2.05) is 0 Å². The molecule has 3 amide bonds. The quantitative estimate of drug-likeness (QED) is 0.880. The zero-order valence-corrected chi connectivity index (χ0v) is 12.1. The van der Waals surface area contributed by atoms with E-state index < -0.39 is 0 Å². The lowest BCUT2D eigenvalue weighted by molar-refractivity contribution is -0.119. The van der Waals surface area contributed by atoms with Gasteiger partial charge in [0.1, 0.15) is 0 Å². The lowest BCUT2D eigenvalue weighted by Gasteiger charge is -2.32. The minimum Gasteiger partial charge on any atom is -0.353 e. The first kappa shape index (κ1) is 14.7. The Morgan fingerprint density at radius 2 is 2.00 bits per heavy atom. The molecule has 2 N–H and O–H groups in total. The second-order valence-electron chi connectivity index (χ2n) is 4.90. The van der Waals surface area contributed by atoms with Crippen LogP contribution >= 0.6 is 11.6 Å². The first-order chi connectivity index (χ1) is 9.54. The van der Waals surface area contributed by atoms with Gasteiger partial charge in [-0.3, -0.25) is 4.79 Å². The maximum absolute atomic E-state index is 12.1. The SMILES string of the molecule is CC(=O)NC1CCN(C(=O)Nc2cccc(Cl)c2)CC1. The second-order valence-corrected chi connectivity index (χ2v) is 5.34. The molecule has 2 rings (SSSR count). The monoisotopic (exact) mass is 295 g/mol. The first-order valence-corrected chi connectivity index (χ1v) is 7.01. The third-order valence-electron chi connectivity index (χ3n) is 3.27. The highest BCUT2D eigenvalue weighted by molar-refractivity contribution is 6.30. The molecule has 1 fully saturated rings. The van der Waals surface area contributed by atoms with Crippen LogP contribution in [-0.4, -0.2) is 36.0 Å². The summed E-state index contributed by atoms with van der Waals surface area (Å²) in [5.41, 5.74) is 0.687. The number of benzene rings is 1. The molecule has 20 heavy (non-hydrogen) atoms. The summed E-state index contributed by atoms with van der Waals surface area (Å²) in [6.45, 7) is 2.78. The fraction of sp³-hybridized carbons (Fsp3) is 0.429. The lowest BCUT2D eigenvalue weighted by Crippen LogP contribution is -2.47. The predicted molar refractivity (Wildman–Crippen MR) is 78.9 cm³/mol. The summed E-state index contributed by atoms with van der Waals surface area (Å²) in [7, 11) is 0. The van der Waals surface area contributed by atoms with Gasteiger partial charge in [0.15, 0.2) is 0 Å². The van der Waals surface area contributed by atoms with E-state index in [9.17, 15) is 9.59 Å². The number of amides is 3. The van der Waals surface area contributed by atoms with E-state index in [1.165, 1.54) is 6.92 Å². The molecule has 0 bridgehead atoms. The van der Waals surface area contributed by atoms with Crippen molar-refractivity contribution in [1.82, 2.24) is 10.2 Å². The number of hydrogen-bond donors (Lipinski definition) is 2. The van der Waals surface area contributed by atoms with Gasteiger partial charge >= 0.3 is 6.03 Å². The molecule has 0 spiro atoms. The number of halogens is 1. The van der Waals surface area contributed by atoms with Crippen LogP contribution < -0.4 is 10.6 Å². The molecule has 1 aromatic carbocycles. The third-order valence-corrected chi connectivity index (χ3v) is 3.50. The predicted octanol–water partition coefficient (Wildman–Crippen LogP) is 2.47. The van der Waals surface area contributed by atoms with Crippen LogP contribution in [0.15, 0.2) is 24.3 Å². The highest BCUT2D eigenvalue weighted by Crippen LogP contribution is 2.17. The number of rotatable bonds is 2. The third kappa shape index (κ3) is 4.13. The molecule has 0 saturated carbocycles. The van der Waals surface area contributed by atoms with Gasteiger partial charge < -0.3 is 15.5 Å². The molecular formula is C14H18ClN3O2. The molecule has 1 heterocycles. The van der Waals surface area contributed by atoms with Gasteiger partial charge in [0.05, 0.1) is 0 Å². The molecule has 0 radical (unpaired) electrons. The number of hydrogen-bond acceptors (Lipinski definition) is 2. The van der Waals surface area contributed by atoms with Gasteiger partial charge in [-0.05, 0) is 31.0 Å². The number of nitrogens with one attached hydrogen (secondary N) is 2. The van der Waals surface area contributed by atoms with E-state index in [0.29, 0.717) is 23.8 Å². The molecule has 1 aliphatic heterocycles. The maximum atomic E-state index is 12.1. The Balaban J connectivity index is 1.84. The molecule has 0 aromatic heterocycles. The summed E-state index contributed by atoms with van der Waals surface area (Å²) >= 11 is 5.88. The number of nitrogens with zero attached hydrogens (tertiary/aromatic N) is 1. The van der Waals surface area contributed by atoms with Crippen molar-refractivity contribution in [2.75, 3.05) is 18.4 Å². The van der Waals surface area contributed by atoms with Crippen molar-refractivity contribution < 1.29 is 9.59 Å². The number of carbonyl (C=O) groups excluding carboxylic acids is 2. The summed E-state index contributed by atoms with van der Waals surface area (Å²) in [6.07, 6.45) is 1.56. The van der Waals surface area contributed by atoms with Crippen molar-refractivity contribution in [1.29, 1.82) is 0 Å². The zero-order chi connectivity index (χ0) is 14.5. The highest BCUT2D eigenvalue weighted by Gasteiger charge is 2.23. The van der Waals surface area contributed by atoms with E-state index in [1.54, 1.807) is 29.2 Å². The Labute approximate surface area is 123 Å². The number of piperidine rings is 1. The molecule has 1 aliphatic rings. The van der Waals surface area contributed by atoms with Gasteiger partial charge in [-0.1, -0.05) is 17.7 Å². The highest BCUT2D eigenvalue weighted by atomic mass is 35.5. The second kappa shape index (κ2) is 6.61. The number of carbonyl (C=O) groups is 2. The maximum Gasteiger partial charge on any atom is 0.321 e. The molecule has 5 nitrogen and oxygen atoms in total. The smallest absolute Gasteiger partial charge is 0.321 e. The molecule has 1 aromatic rings. The molecule has 0 unspecified atom stereocenters. The molecule has 0 aliphatic carbocycles. The molecule has 6 heteroatoms. The Bertz CT molecular complexity index is 499. The van der Waals surface area contributed by atoms with Crippen LogP contribution in [0, 0.1) is 0 Å². The summed E-state index contributed by atoms with van der Waals surface area (Å²) in [6, 6.07) is 7.10. The first-order valence-electron chi connectivity index (χ1n) is 6.63. The minimum absolute atomic E-state index is 0.0215. The van der Waals surface area contributed by atoms with Crippen LogP contribution in [0.5, 0.6) is 0 Å². The Morgan fingerprint density at radius 3 is 2.60 bits per heavy atom. The van der Waals surface area contributed by atoms with Gasteiger partial charge in [-0.15, -0.1) is 0 Å². The van der Waals surface area contributed by atoms with Crippen LogP contribution in [0.2, 0.25) is 5.02 Å². The standard InChI is InChI=1S/C14H18ClN3O2/c1-10(19)16-12-5-7-18(8-6-12)14(20)17-13-4-2-3-11(15)9-13/h2-4,9,12H,5-8H2,1H3,(H,16,19)(H,17,20). The van der Waals surface area contributed by atoms with E-state index in [2.05, 4.69) is 10.6 Å². The average molecular weight is 296 g/mol. The normalized spacial score (nSPS) is 15.8. The number of likely N-dealkylation sites (tertiary alicyclic amines) is 1. The summed E-state index contributed by atoms with van der Waals surface area (Å²) in [5, 5.41) is 6.30. The van der Waals surface area contributed by atoms with Gasteiger partial charge in [-0.25, -0.2) is 4.79 Å². The van der Waals surface area contributed by atoms with Crippen molar-refractivity contribution in [3.05, 3.63) is 29.3 Å². The summed E-state index contributed by atoms with van der Waals surface area (Å²) in [5.74, 6) is -0.0215. The van der Waals surface area contributed by atoms with Gasteiger partial charge in [-0.2, -0.15) is 0 Å². The summed E-state index contributed by atoms with van der Waals surface area (Å²) < 4.78 is 0. The summed E-state index contributed by atoms with van der Waals surface area (Å²) in [4.78, 5) is 24.8. The topological polar surface area (TPSA) is 61.4 Å². The van der Waals surface area contributed by atoms with Crippen molar-refractivity contribution in [2.24, 2.45) is 0 Å². The minimum atomic E-state index is -0.131. The molecule has 108 valence electrons. The zero-order valence-electron chi connectivity index (χ0n) is 11.4. The van der Waals surface area contributed by atoms with Crippen LogP contribution in [0.4, 0.5) is 10.5 Å².